The number of anilines is 2. The van der Waals surface area contributed by atoms with Gasteiger partial charge in [0.2, 0.25) is 0 Å². The second-order valence-electron chi connectivity index (χ2n) is 7.21. The Morgan fingerprint density at radius 3 is 2.93 bits per heavy atom. The maximum absolute atomic E-state index is 12.8. The molecular weight excluding hydrogens is 354 g/mol. The molecule has 6 rings (SSSR count). The fourth-order valence-electron chi connectivity index (χ4n) is 4.05. The summed E-state index contributed by atoms with van der Waals surface area (Å²) in [6.45, 7) is 1.90. The quantitative estimate of drug-likeness (QED) is 0.726. The first-order valence-corrected chi connectivity index (χ1v) is 9.38. The van der Waals surface area contributed by atoms with Crippen LogP contribution in [0.25, 0.3) is 5.65 Å². The van der Waals surface area contributed by atoms with Gasteiger partial charge < -0.3 is 15.5 Å². The van der Waals surface area contributed by atoms with Gasteiger partial charge in [0.1, 0.15) is 17.5 Å². The molecule has 0 aliphatic carbocycles. The third-order valence-electron chi connectivity index (χ3n) is 5.54. The molecule has 2 bridgehead atoms. The maximum Gasteiger partial charge on any atom is 0.261 e. The van der Waals surface area contributed by atoms with E-state index < -0.39 is 0 Å². The molecule has 3 saturated heterocycles. The monoisotopic (exact) mass is 373 g/mol. The number of rotatable bonds is 3. The lowest BCUT2D eigenvalue weighted by molar-refractivity contribution is 0.102. The number of fused-ring (bicyclic) bond motifs is 4. The normalized spacial score (nSPS) is 20.9. The standard InChI is InChI=1S/C20H19N7O/c21-9-13-3-1-2-4-17(13)24-20(28)16-11-23-27-8-7-18(25-19(16)27)26-12-14-5-6-15(26)10-22-14/h1-4,7-8,11,14-15,22H,5-6,10,12H2,(H,24,28). The number of amides is 1. The number of carbonyl (C=O) groups is 1. The molecule has 2 aromatic heterocycles. The number of hydrogen-bond donors (Lipinski definition) is 2. The molecular formula is C20H19N7O. The van der Waals surface area contributed by atoms with E-state index in [9.17, 15) is 10.1 Å². The molecule has 3 aromatic rings. The van der Waals surface area contributed by atoms with E-state index in [0.717, 1.165) is 25.3 Å². The molecule has 140 valence electrons. The van der Waals surface area contributed by atoms with Gasteiger partial charge in [-0.15, -0.1) is 0 Å². The molecule has 5 heterocycles. The minimum atomic E-state index is -0.329. The summed E-state index contributed by atoms with van der Waals surface area (Å²) in [5.74, 6) is 0.542. The van der Waals surface area contributed by atoms with Gasteiger partial charge in [0.25, 0.3) is 5.91 Å². The number of benzene rings is 1. The van der Waals surface area contributed by atoms with E-state index in [1.807, 2.05) is 12.3 Å². The Hall–Kier alpha value is -3.44. The van der Waals surface area contributed by atoms with Crippen molar-refractivity contribution in [3.63, 3.8) is 0 Å². The van der Waals surface area contributed by atoms with Crippen molar-refractivity contribution >= 4 is 23.1 Å². The van der Waals surface area contributed by atoms with Gasteiger partial charge in [-0.1, -0.05) is 12.1 Å². The molecule has 28 heavy (non-hydrogen) atoms. The van der Waals surface area contributed by atoms with Gasteiger partial charge in [-0.3, -0.25) is 4.79 Å². The zero-order valence-electron chi connectivity index (χ0n) is 15.2. The van der Waals surface area contributed by atoms with Crippen LogP contribution in [0, 0.1) is 11.3 Å². The van der Waals surface area contributed by atoms with E-state index in [2.05, 4.69) is 26.7 Å². The molecule has 8 nitrogen and oxygen atoms in total. The van der Waals surface area contributed by atoms with Gasteiger partial charge in [-0.2, -0.15) is 10.4 Å². The van der Waals surface area contributed by atoms with Gasteiger partial charge >= 0.3 is 0 Å². The van der Waals surface area contributed by atoms with Gasteiger partial charge in [-0.25, -0.2) is 9.50 Å². The average molecular weight is 373 g/mol. The number of carbonyl (C=O) groups excluding carboxylic acids is 1. The van der Waals surface area contributed by atoms with Crippen molar-refractivity contribution in [1.29, 1.82) is 5.26 Å². The first-order valence-electron chi connectivity index (χ1n) is 9.38. The SMILES string of the molecule is N#Cc1ccccc1NC(=O)c1cnn2ccc(N3CC4CCC3CN4)nc12. The van der Waals surface area contributed by atoms with Crippen LogP contribution in [0.4, 0.5) is 11.5 Å². The molecule has 1 aromatic carbocycles. The predicted octanol–water partition coefficient (Wildman–Crippen LogP) is 1.79. The van der Waals surface area contributed by atoms with Crippen LogP contribution in [0.1, 0.15) is 28.8 Å². The summed E-state index contributed by atoms with van der Waals surface area (Å²) >= 11 is 0. The summed E-state index contributed by atoms with van der Waals surface area (Å²) in [7, 11) is 0. The highest BCUT2D eigenvalue weighted by molar-refractivity contribution is 6.08. The van der Waals surface area contributed by atoms with Crippen molar-refractivity contribution < 1.29 is 4.79 Å². The van der Waals surface area contributed by atoms with Gasteiger partial charge in [0.05, 0.1) is 17.4 Å². The second-order valence-corrected chi connectivity index (χ2v) is 7.21. The van der Waals surface area contributed by atoms with Crippen LogP contribution in [0.2, 0.25) is 0 Å². The van der Waals surface area contributed by atoms with E-state index >= 15 is 0 Å². The third kappa shape index (κ3) is 2.77. The minimum absolute atomic E-state index is 0.329. The zero-order valence-corrected chi connectivity index (χ0v) is 15.2. The van der Waals surface area contributed by atoms with E-state index in [-0.39, 0.29) is 5.91 Å². The van der Waals surface area contributed by atoms with E-state index in [4.69, 9.17) is 4.98 Å². The van der Waals surface area contributed by atoms with Crippen molar-refractivity contribution in [2.45, 2.75) is 24.9 Å². The van der Waals surface area contributed by atoms with Crippen LogP contribution >= 0.6 is 0 Å². The van der Waals surface area contributed by atoms with Crippen LogP contribution in [-0.4, -0.2) is 45.7 Å². The Bertz CT molecular complexity index is 1090. The highest BCUT2D eigenvalue weighted by Gasteiger charge is 2.34. The Kier molecular flexibility index (Phi) is 3.95. The number of nitrogens with one attached hydrogen (secondary N) is 2. The van der Waals surface area contributed by atoms with Crippen LogP contribution in [0.3, 0.4) is 0 Å². The van der Waals surface area contributed by atoms with Crippen molar-refractivity contribution in [1.82, 2.24) is 19.9 Å². The Labute approximate surface area is 161 Å². The number of piperidine rings is 2. The fraction of sp³-hybridized carbons (Fsp3) is 0.300. The zero-order chi connectivity index (χ0) is 19.1. The Morgan fingerprint density at radius 2 is 2.18 bits per heavy atom. The topological polar surface area (TPSA) is 98.3 Å². The summed E-state index contributed by atoms with van der Waals surface area (Å²) in [5.41, 5.74) is 1.79. The largest absolute Gasteiger partial charge is 0.351 e. The second kappa shape index (κ2) is 6.62. The summed E-state index contributed by atoms with van der Waals surface area (Å²) in [6.07, 6.45) is 5.71. The number of nitriles is 1. The molecule has 2 N–H and O–H groups in total. The minimum Gasteiger partial charge on any atom is -0.351 e. The first-order chi connectivity index (χ1) is 13.7. The van der Waals surface area contributed by atoms with Crippen molar-refractivity contribution in [3.05, 3.63) is 53.9 Å². The molecule has 2 atom stereocenters. The molecule has 8 heteroatoms. The Balaban J connectivity index is 1.47. The number of aromatic nitrogens is 3. The number of hydrogen-bond acceptors (Lipinski definition) is 6. The smallest absolute Gasteiger partial charge is 0.261 e. The number of para-hydroxylation sites is 1. The molecule has 3 aliphatic rings. The van der Waals surface area contributed by atoms with E-state index in [0.29, 0.717) is 34.5 Å². The summed E-state index contributed by atoms with van der Waals surface area (Å²) in [4.78, 5) is 19.9. The van der Waals surface area contributed by atoms with E-state index in [1.165, 1.54) is 12.6 Å². The number of piperazine rings is 1. The highest BCUT2D eigenvalue weighted by Crippen LogP contribution is 2.27. The molecule has 0 radical (unpaired) electrons. The van der Waals surface area contributed by atoms with Crippen LogP contribution < -0.4 is 15.5 Å². The maximum atomic E-state index is 12.8. The summed E-state index contributed by atoms with van der Waals surface area (Å²) in [5, 5.41) is 19.8. The van der Waals surface area contributed by atoms with Crippen molar-refractivity contribution in [2.75, 3.05) is 23.3 Å². The van der Waals surface area contributed by atoms with Crippen LogP contribution in [0.15, 0.2) is 42.7 Å². The predicted molar refractivity (Wildman–Crippen MR) is 104 cm³/mol. The Morgan fingerprint density at radius 1 is 1.29 bits per heavy atom. The van der Waals surface area contributed by atoms with Crippen molar-refractivity contribution in [3.8, 4) is 6.07 Å². The molecule has 1 amide bonds. The number of nitrogens with zero attached hydrogens (tertiary/aromatic N) is 5. The summed E-state index contributed by atoms with van der Waals surface area (Å²) in [6, 6.07) is 11.9. The third-order valence-corrected chi connectivity index (χ3v) is 5.54. The molecule has 3 aliphatic heterocycles. The first kappa shape index (κ1) is 16.7. The molecule has 0 saturated carbocycles. The van der Waals surface area contributed by atoms with Crippen LogP contribution in [-0.2, 0) is 0 Å². The lowest BCUT2D eigenvalue weighted by Gasteiger charge is -2.46. The van der Waals surface area contributed by atoms with Gasteiger partial charge in [0, 0.05) is 31.4 Å². The molecule has 0 spiro atoms. The molecule has 3 fully saturated rings. The van der Waals surface area contributed by atoms with Crippen LogP contribution in [0.5, 0.6) is 0 Å². The van der Waals surface area contributed by atoms with Crippen molar-refractivity contribution in [2.24, 2.45) is 0 Å². The average Bonchev–Trinajstić information content (AvgIpc) is 3.18. The lowest BCUT2D eigenvalue weighted by atomic mass is 9.93. The van der Waals surface area contributed by atoms with E-state index in [1.54, 1.807) is 28.8 Å². The van der Waals surface area contributed by atoms with Gasteiger partial charge in [0.15, 0.2) is 5.65 Å². The van der Waals surface area contributed by atoms with Gasteiger partial charge in [-0.05, 0) is 31.0 Å². The fourth-order valence-corrected chi connectivity index (χ4v) is 4.05. The summed E-state index contributed by atoms with van der Waals surface area (Å²) < 4.78 is 1.61. The highest BCUT2D eigenvalue weighted by atomic mass is 16.1. The lowest BCUT2D eigenvalue weighted by Crippen LogP contribution is -2.61. The molecule has 2 unspecified atom stereocenters.